The predicted octanol–water partition coefficient (Wildman–Crippen LogP) is 4.22. The van der Waals surface area contributed by atoms with Gasteiger partial charge < -0.3 is 9.80 Å². The van der Waals surface area contributed by atoms with Gasteiger partial charge in [-0.15, -0.1) is 0 Å². The number of β-lactam (4-membered cyclic amide) rings is 1. The lowest BCUT2D eigenvalue weighted by molar-refractivity contribution is -0.186. The maximum Gasteiger partial charge on any atom is 0.272 e. The largest absolute Gasteiger partial charge is 0.337 e. The summed E-state index contributed by atoms with van der Waals surface area (Å²) in [5.41, 5.74) is 1.57. The minimum absolute atomic E-state index is 0.00709. The molecule has 0 bridgehead atoms. The zero-order chi connectivity index (χ0) is 20.6. The summed E-state index contributed by atoms with van der Waals surface area (Å²) < 4.78 is 0. The second-order valence-electron chi connectivity index (χ2n) is 8.98. The van der Waals surface area contributed by atoms with Gasteiger partial charge in [0.1, 0.15) is 5.69 Å². The summed E-state index contributed by atoms with van der Waals surface area (Å²) in [5.74, 6) is 0.345. The van der Waals surface area contributed by atoms with Crippen LogP contribution in [-0.4, -0.2) is 45.7 Å². The van der Waals surface area contributed by atoms with E-state index >= 15 is 0 Å². The fourth-order valence-electron chi connectivity index (χ4n) is 5.85. The molecule has 5 heteroatoms. The summed E-state index contributed by atoms with van der Waals surface area (Å²) in [6, 6.07) is 16.4. The molecule has 1 saturated carbocycles. The molecule has 2 amide bonds. The molecule has 0 radical (unpaired) electrons. The average Bonchev–Trinajstić information content (AvgIpc) is 2.83. The molecule has 1 spiro atoms. The quantitative estimate of drug-likeness (QED) is 0.721. The standard InChI is InChI=1S/C25H29N3O2/c29-23(21-11-5-8-16-26-21)27-17-12-20(13-18-27)28-22(19-9-3-1-4-10-19)25(24(28)30)14-6-2-7-15-25/h1,3-5,8-11,16,20,22H,2,6-7,12-15,17-18H2. The molecule has 30 heavy (non-hydrogen) atoms. The predicted molar refractivity (Wildman–Crippen MR) is 115 cm³/mol. The van der Waals surface area contributed by atoms with Crippen molar-refractivity contribution in [3.63, 3.8) is 0 Å². The number of amides is 2. The number of hydrogen-bond donors (Lipinski definition) is 0. The molecule has 3 aliphatic rings. The van der Waals surface area contributed by atoms with Crippen molar-refractivity contribution in [3.05, 3.63) is 66.0 Å². The number of hydrogen-bond acceptors (Lipinski definition) is 3. The first-order valence-electron chi connectivity index (χ1n) is 11.3. The van der Waals surface area contributed by atoms with Gasteiger partial charge in [-0.2, -0.15) is 0 Å². The summed E-state index contributed by atoms with van der Waals surface area (Å²) >= 11 is 0. The van der Waals surface area contributed by atoms with Crippen LogP contribution < -0.4 is 0 Å². The molecule has 1 aromatic heterocycles. The zero-order valence-corrected chi connectivity index (χ0v) is 17.4. The lowest BCUT2D eigenvalue weighted by Gasteiger charge is -2.61. The molecule has 1 aliphatic carbocycles. The summed E-state index contributed by atoms with van der Waals surface area (Å²) in [4.78, 5) is 34.5. The first-order valence-corrected chi connectivity index (χ1v) is 11.3. The Kier molecular flexibility index (Phi) is 5.05. The average molecular weight is 404 g/mol. The van der Waals surface area contributed by atoms with Crippen LogP contribution in [0.15, 0.2) is 54.7 Å². The lowest BCUT2D eigenvalue weighted by atomic mass is 9.59. The topological polar surface area (TPSA) is 53.5 Å². The molecule has 0 N–H and O–H groups in total. The van der Waals surface area contributed by atoms with Crippen molar-refractivity contribution in [2.75, 3.05) is 13.1 Å². The smallest absolute Gasteiger partial charge is 0.272 e. The summed E-state index contributed by atoms with van der Waals surface area (Å²) in [6.45, 7) is 1.36. The van der Waals surface area contributed by atoms with Gasteiger partial charge in [0.05, 0.1) is 11.5 Å². The van der Waals surface area contributed by atoms with Crippen LogP contribution in [-0.2, 0) is 4.79 Å². The van der Waals surface area contributed by atoms with Gasteiger partial charge in [0.25, 0.3) is 5.91 Å². The number of pyridine rings is 1. The number of piperidine rings is 1. The molecule has 1 aromatic carbocycles. The van der Waals surface area contributed by atoms with Crippen LogP contribution in [0, 0.1) is 5.41 Å². The van der Waals surface area contributed by atoms with Gasteiger partial charge >= 0.3 is 0 Å². The molecule has 5 nitrogen and oxygen atoms in total. The van der Waals surface area contributed by atoms with Gasteiger partial charge in [-0.1, -0.05) is 55.7 Å². The first kappa shape index (κ1) is 19.3. The molecule has 1 unspecified atom stereocenters. The Morgan fingerprint density at radius 3 is 2.30 bits per heavy atom. The Balaban J connectivity index is 1.33. The van der Waals surface area contributed by atoms with E-state index < -0.39 is 0 Å². The van der Waals surface area contributed by atoms with E-state index in [1.54, 1.807) is 12.3 Å². The van der Waals surface area contributed by atoms with E-state index in [0.717, 1.165) is 38.5 Å². The Hall–Kier alpha value is -2.69. The van der Waals surface area contributed by atoms with Crippen LogP contribution >= 0.6 is 0 Å². The van der Waals surface area contributed by atoms with E-state index in [4.69, 9.17) is 0 Å². The van der Waals surface area contributed by atoms with E-state index in [0.29, 0.717) is 24.7 Å². The lowest BCUT2D eigenvalue weighted by Crippen LogP contribution is -2.67. The fraction of sp³-hybridized carbons (Fsp3) is 0.480. The normalized spacial score (nSPS) is 24.0. The molecule has 1 atom stereocenters. The highest BCUT2D eigenvalue weighted by Gasteiger charge is 2.62. The van der Waals surface area contributed by atoms with Crippen LogP contribution in [0.5, 0.6) is 0 Å². The second-order valence-corrected chi connectivity index (χ2v) is 8.98. The fourth-order valence-corrected chi connectivity index (χ4v) is 5.85. The highest BCUT2D eigenvalue weighted by molar-refractivity contribution is 5.93. The number of rotatable bonds is 3. The maximum absolute atomic E-state index is 13.5. The van der Waals surface area contributed by atoms with Gasteiger partial charge in [0.15, 0.2) is 0 Å². The van der Waals surface area contributed by atoms with Gasteiger partial charge in [0.2, 0.25) is 5.91 Å². The first-order chi connectivity index (χ1) is 14.7. The Labute approximate surface area is 178 Å². The van der Waals surface area contributed by atoms with E-state index in [-0.39, 0.29) is 23.4 Å². The van der Waals surface area contributed by atoms with E-state index in [1.807, 2.05) is 23.1 Å². The minimum atomic E-state index is -0.194. The van der Waals surface area contributed by atoms with Crippen molar-refractivity contribution in [1.29, 1.82) is 0 Å². The molecular formula is C25H29N3O2. The van der Waals surface area contributed by atoms with Gasteiger partial charge in [-0.3, -0.25) is 14.6 Å². The van der Waals surface area contributed by atoms with Crippen molar-refractivity contribution in [2.24, 2.45) is 5.41 Å². The van der Waals surface area contributed by atoms with E-state index in [1.165, 1.54) is 12.0 Å². The number of benzene rings is 1. The van der Waals surface area contributed by atoms with Crippen molar-refractivity contribution in [3.8, 4) is 0 Å². The van der Waals surface area contributed by atoms with Crippen LogP contribution in [0.4, 0.5) is 0 Å². The third-order valence-corrected chi connectivity index (χ3v) is 7.35. The van der Waals surface area contributed by atoms with Gasteiger partial charge in [-0.25, -0.2) is 0 Å². The van der Waals surface area contributed by atoms with Crippen molar-refractivity contribution < 1.29 is 9.59 Å². The summed E-state index contributed by atoms with van der Waals surface area (Å²) in [7, 11) is 0. The number of carbonyl (C=O) groups is 2. The number of carbonyl (C=O) groups excluding carboxylic acids is 2. The highest BCUT2D eigenvalue weighted by atomic mass is 16.2. The van der Waals surface area contributed by atoms with Crippen LogP contribution in [0.3, 0.4) is 0 Å². The molecule has 3 heterocycles. The Morgan fingerprint density at radius 2 is 1.63 bits per heavy atom. The second kappa shape index (κ2) is 7.86. The maximum atomic E-state index is 13.5. The van der Waals surface area contributed by atoms with Crippen molar-refractivity contribution >= 4 is 11.8 Å². The number of likely N-dealkylation sites (tertiary alicyclic amines) is 2. The molecular weight excluding hydrogens is 374 g/mol. The number of aromatic nitrogens is 1. The van der Waals surface area contributed by atoms with Crippen molar-refractivity contribution in [1.82, 2.24) is 14.8 Å². The zero-order valence-electron chi connectivity index (χ0n) is 17.4. The van der Waals surface area contributed by atoms with Crippen LogP contribution in [0.25, 0.3) is 0 Å². The van der Waals surface area contributed by atoms with E-state index in [2.05, 4.69) is 34.1 Å². The summed E-state index contributed by atoms with van der Waals surface area (Å²) in [6.07, 6.45) is 8.91. The summed E-state index contributed by atoms with van der Waals surface area (Å²) in [5, 5.41) is 0. The van der Waals surface area contributed by atoms with Gasteiger partial charge in [0, 0.05) is 25.3 Å². The minimum Gasteiger partial charge on any atom is -0.337 e. The van der Waals surface area contributed by atoms with Gasteiger partial charge in [-0.05, 0) is 43.4 Å². The molecule has 2 aromatic rings. The SMILES string of the molecule is O=C(c1ccccn1)N1CCC(N2C(=O)C3(CCCCC3)C2c2ccccc2)CC1. The molecule has 156 valence electrons. The molecule has 2 aliphatic heterocycles. The Morgan fingerprint density at radius 1 is 0.933 bits per heavy atom. The molecule has 2 saturated heterocycles. The monoisotopic (exact) mass is 403 g/mol. The third kappa shape index (κ3) is 3.11. The molecule has 3 fully saturated rings. The van der Waals surface area contributed by atoms with E-state index in [9.17, 15) is 9.59 Å². The van der Waals surface area contributed by atoms with Crippen LogP contribution in [0.2, 0.25) is 0 Å². The Bertz CT molecular complexity index is 901. The number of nitrogens with zero attached hydrogens (tertiary/aromatic N) is 3. The third-order valence-electron chi connectivity index (χ3n) is 7.35. The van der Waals surface area contributed by atoms with Crippen LogP contribution in [0.1, 0.15) is 67.0 Å². The van der Waals surface area contributed by atoms with Crippen molar-refractivity contribution in [2.45, 2.75) is 57.0 Å². The molecule has 5 rings (SSSR count). The highest BCUT2D eigenvalue weighted by Crippen LogP contribution is 2.59.